The van der Waals surface area contributed by atoms with Crippen LogP contribution in [0.2, 0.25) is 0 Å². The fraction of sp³-hybridized carbons (Fsp3) is 0.400. The van der Waals surface area contributed by atoms with Crippen molar-refractivity contribution in [1.82, 2.24) is 9.38 Å². The van der Waals surface area contributed by atoms with Crippen molar-refractivity contribution in [2.75, 3.05) is 13.2 Å². The zero-order chi connectivity index (χ0) is 13.2. The summed E-state index contributed by atoms with van der Waals surface area (Å²) in [7, 11) is 0. The largest absolute Gasteiger partial charge is 0.411 e. The molecule has 2 rings (SSSR count). The van der Waals surface area contributed by atoms with Crippen molar-refractivity contribution in [3.8, 4) is 0 Å². The van der Waals surface area contributed by atoms with Gasteiger partial charge in [-0.25, -0.2) is 4.98 Å². The number of alkyl halides is 3. The molecule has 2 aromatic rings. The topological polar surface area (TPSA) is 43.6 Å². The van der Waals surface area contributed by atoms with Crippen LogP contribution < -0.4 is 0 Å². The van der Waals surface area contributed by atoms with Gasteiger partial charge >= 0.3 is 6.18 Å². The van der Waals surface area contributed by atoms with E-state index in [4.69, 9.17) is 0 Å². The van der Waals surface area contributed by atoms with Gasteiger partial charge in [0.05, 0.1) is 12.1 Å². The van der Waals surface area contributed by atoms with Crippen molar-refractivity contribution in [2.45, 2.75) is 12.6 Å². The lowest BCUT2D eigenvalue weighted by Crippen LogP contribution is -2.21. The molecule has 98 valence electrons. The standard InChI is InChI=1S/C10H9F3N2O2S/c11-10(12,13)6-17-5-8(16)3-7-4-15-1-2-18-9(15)14-7/h1-2,4H,3,5-6H2. The Bertz CT molecular complexity index is 518. The first-order chi connectivity index (χ1) is 8.44. The van der Waals surface area contributed by atoms with Gasteiger partial charge in [-0.1, -0.05) is 0 Å². The number of imidazole rings is 1. The van der Waals surface area contributed by atoms with Crippen LogP contribution in [0.1, 0.15) is 5.69 Å². The third-order valence-electron chi connectivity index (χ3n) is 2.05. The van der Waals surface area contributed by atoms with Crippen molar-refractivity contribution in [2.24, 2.45) is 0 Å². The number of thiazole rings is 1. The predicted octanol–water partition coefficient (Wildman–Crippen LogP) is 2.09. The summed E-state index contributed by atoms with van der Waals surface area (Å²) in [6.07, 6.45) is -0.960. The Labute approximate surface area is 104 Å². The van der Waals surface area contributed by atoms with Crippen LogP contribution in [0.5, 0.6) is 0 Å². The second-order valence-corrected chi connectivity index (χ2v) is 4.52. The first-order valence-electron chi connectivity index (χ1n) is 5.01. The zero-order valence-corrected chi connectivity index (χ0v) is 9.92. The molecule has 0 unspecified atom stereocenters. The smallest absolute Gasteiger partial charge is 0.364 e. The van der Waals surface area contributed by atoms with E-state index in [0.717, 1.165) is 4.96 Å². The number of carbonyl (C=O) groups excluding carboxylic acids is 1. The van der Waals surface area contributed by atoms with Gasteiger partial charge in [-0.3, -0.25) is 9.20 Å². The number of Topliss-reactive ketones (excluding diaryl/α,β-unsaturated/α-hetero) is 1. The van der Waals surface area contributed by atoms with E-state index >= 15 is 0 Å². The van der Waals surface area contributed by atoms with Gasteiger partial charge in [-0.2, -0.15) is 13.2 Å². The summed E-state index contributed by atoms with van der Waals surface area (Å²) < 4.78 is 41.4. The van der Waals surface area contributed by atoms with E-state index < -0.39 is 25.2 Å². The SMILES string of the molecule is O=C(COCC(F)(F)F)Cc1cn2ccsc2n1. The molecule has 0 radical (unpaired) electrons. The molecule has 0 N–H and O–H groups in total. The second kappa shape index (κ2) is 5.07. The first kappa shape index (κ1) is 13.0. The monoisotopic (exact) mass is 278 g/mol. The summed E-state index contributed by atoms with van der Waals surface area (Å²) >= 11 is 1.42. The molecule has 0 saturated carbocycles. The average Bonchev–Trinajstić information content (AvgIpc) is 2.75. The number of fused-ring (bicyclic) bond motifs is 1. The molecule has 0 fully saturated rings. The van der Waals surface area contributed by atoms with Gasteiger partial charge in [0, 0.05) is 17.8 Å². The van der Waals surface area contributed by atoms with Crippen LogP contribution in [0.3, 0.4) is 0 Å². The van der Waals surface area contributed by atoms with E-state index in [2.05, 4.69) is 9.72 Å². The van der Waals surface area contributed by atoms with Crippen molar-refractivity contribution in [1.29, 1.82) is 0 Å². The summed E-state index contributed by atoms with van der Waals surface area (Å²) in [6.45, 7) is -1.96. The number of ether oxygens (including phenoxy) is 1. The van der Waals surface area contributed by atoms with Crippen molar-refractivity contribution in [3.05, 3.63) is 23.5 Å². The summed E-state index contributed by atoms with van der Waals surface area (Å²) in [5.74, 6) is -0.426. The number of hydrogen-bond acceptors (Lipinski definition) is 4. The molecule has 4 nitrogen and oxygen atoms in total. The van der Waals surface area contributed by atoms with Crippen LogP contribution >= 0.6 is 11.3 Å². The maximum absolute atomic E-state index is 11.8. The summed E-state index contributed by atoms with van der Waals surface area (Å²) in [5.41, 5.74) is 0.530. The fourth-order valence-corrected chi connectivity index (χ4v) is 2.11. The van der Waals surface area contributed by atoms with Gasteiger partial charge < -0.3 is 4.74 Å². The molecule has 0 aliphatic carbocycles. The highest BCUT2D eigenvalue weighted by Gasteiger charge is 2.27. The summed E-state index contributed by atoms with van der Waals surface area (Å²) in [5, 5.41) is 1.85. The van der Waals surface area contributed by atoms with Gasteiger partial charge in [0.25, 0.3) is 0 Å². The zero-order valence-electron chi connectivity index (χ0n) is 9.11. The second-order valence-electron chi connectivity index (χ2n) is 3.65. The molecule has 18 heavy (non-hydrogen) atoms. The number of aromatic nitrogens is 2. The van der Waals surface area contributed by atoms with Crippen molar-refractivity contribution >= 4 is 22.1 Å². The predicted molar refractivity (Wildman–Crippen MR) is 58.7 cm³/mol. The molecule has 0 spiro atoms. The molecule has 0 bridgehead atoms. The quantitative estimate of drug-likeness (QED) is 0.841. The molecule has 0 saturated heterocycles. The van der Waals surface area contributed by atoms with E-state index in [1.807, 2.05) is 5.38 Å². The molecule has 0 atom stereocenters. The number of nitrogens with zero attached hydrogens (tertiary/aromatic N) is 2. The third kappa shape index (κ3) is 3.54. The molecule has 8 heteroatoms. The lowest BCUT2D eigenvalue weighted by molar-refractivity contribution is -0.175. The van der Waals surface area contributed by atoms with E-state index in [9.17, 15) is 18.0 Å². The molecule has 0 aromatic carbocycles. The normalized spacial score (nSPS) is 12.2. The minimum atomic E-state index is -4.41. The molecule has 0 aliphatic heterocycles. The van der Waals surface area contributed by atoms with E-state index in [0.29, 0.717) is 5.69 Å². The summed E-state index contributed by atoms with van der Waals surface area (Å²) in [4.78, 5) is 16.3. The molecular formula is C10H9F3N2O2S. The molecule has 0 aliphatic rings. The van der Waals surface area contributed by atoms with E-state index in [1.165, 1.54) is 11.3 Å². The molecule has 0 amide bonds. The van der Waals surface area contributed by atoms with Crippen LogP contribution in [-0.2, 0) is 16.0 Å². The Balaban J connectivity index is 1.82. The molecule has 2 aromatic heterocycles. The minimum Gasteiger partial charge on any atom is -0.364 e. The number of hydrogen-bond donors (Lipinski definition) is 0. The van der Waals surface area contributed by atoms with Crippen LogP contribution in [0.25, 0.3) is 4.96 Å². The number of carbonyl (C=O) groups is 1. The van der Waals surface area contributed by atoms with Gasteiger partial charge in [0.15, 0.2) is 10.7 Å². The maximum atomic E-state index is 11.8. The van der Waals surface area contributed by atoms with Crippen molar-refractivity contribution < 1.29 is 22.7 Å². The highest BCUT2D eigenvalue weighted by Crippen LogP contribution is 2.15. The Morgan fingerprint density at radius 1 is 1.50 bits per heavy atom. The van der Waals surface area contributed by atoms with Gasteiger partial charge in [-0.05, 0) is 0 Å². The van der Waals surface area contributed by atoms with Crippen LogP contribution in [0.15, 0.2) is 17.8 Å². The van der Waals surface area contributed by atoms with Crippen LogP contribution in [-0.4, -0.2) is 34.6 Å². The van der Waals surface area contributed by atoms with Gasteiger partial charge in [-0.15, -0.1) is 11.3 Å². The van der Waals surface area contributed by atoms with Crippen LogP contribution in [0, 0.1) is 0 Å². The minimum absolute atomic E-state index is 0.0216. The maximum Gasteiger partial charge on any atom is 0.411 e. The van der Waals surface area contributed by atoms with E-state index in [-0.39, 0.29) is 6.42 Å². The molecule has 2 heterocycles. The van der Waals surface area contributed by atoms with Crippen molar-refractivity contribution in [3.63, 3.8) is 0 Å². The molecular weight excluding hydrogens is 269 g/mol. The lowest BCUT2D eigenvalue weighted by atomic mass is 10.2. The Hall–Kier alpha value is -1.41. The number of halogens is 3. The van der Waals surface area contributed by atoms with Gasteiger partial charge in [0.1, 0.15) is 13.2 Å². The Morgan fingerprint density at radius 3 is 2.94 bits per heavy atom. The Kier molecular flexibility index (Phi) is 3.67. The number of ketones is 1. The lowest BCUT2D eigenvalue weighted by Gasteiger charge is -2.06. The third-order valence-corrected chi connectivity index (χ3v) is 2.82. The summed E-state index contributed by atoms with van der Waals surface area (Å²) in [6, 6.07) is 0. The first-order valence-corrected chi connectivity index (χ1v) is 5.89. The fourth-order valence-electron chi connectivity index (χ4n) is 1.39. The van der Waals surface area contributed by atoms with E-state index in [1.54, 1.807) is 16.8 Å². The highest BCUT2D eigenvalue weighted by molar-refractivity contribution is 7.15. The highest BCUT2D eigenvalue weighted by atomic mass is 32.1. The average molecular weight is 278 g/mol. The number of rotatable bonds is 5. The van der Waals surface area contributed by atoms with Gasteiger partial charge in [0.2, 0.25) is 0 Å². The van der Waals surface area contributed by atoms with Crippen LogP contribution in [0.4, 0.5) is 13.2 Å². The Morgan fingerprint density at radius 2 is 2.28 bits per heavy atom.